The minimum absolute atomic E-state index is 0.0882. The zero-order valence-electron chi connectivity index (χ0n) is 10.6. The number of carbonyl (C=O) groups is 1. The van der Waals surface area contributed by atoms with Gasteiger partial charge >= 0.3 is 5.97 Å². The average molecular weight is 269 g/mol. The molecule has 0 fully saturated rings. The molecule has 4 nitrogen and oxygen atoms in total. The van der Waals surface area contributed by atoms with Crippen molar-refractivity contribution in [2.45, 2.75) is 30.7 Å². The lowest BCUT2D eigenvalue weighted by molar-refractivity contribution is 0.0694. The number of hydrogen-bond donors (Lipinski definition) is 3. The molecule has 0 aliphatic rings. The molecule has 1 rings (SSSR count). The molecule has 1 aromatic carbocycles. The Morgan fingerprint density at radius 1 is 1.50 bits per heavy atom. The number of benzene rings is 1. The van der Waals surface area contributed by atoms with Crippen LogP contribution in [0, 0.1) is 0 Å². The number of thioether (sulfide) groups is 1. The fourth-order valence-electron chi connectivity index (χ4n) is 1.80. The van der Waals surface area contributed by atoms with E-state index in [1.165, 1.54) is 11.8 Å². The Morgan fingerprint density at radius 2 is 2.22 bits per heavy atom. The Kier molecular flexibility index (Phi) is 6.01. The van der Waals surface area contributed by atoms with Gasteiger partial charge < -0.3 is 15.5 Å². The minimum atomic E-state index is -0.929. The normalized spacial score (nSPS) is 12.2. The average Bonchev–Trinajstić information content (AvgIpc) is 2.37. The van der Waals surface area contributed by atoms with Crippen molar-refractivity contribution in [1.82, 2.24) is 0 Å². The highest BCUT2D eigenvalue weighted by molar-refractivity contribution is 7.98. The Bertz CT molecular complexity index is 409. The van der Waals surface area contributed by atoms with Gasteiger partial charge in [0, 0.05) is 17.5 Å². The highest BCUT2D eigenvalue weighted by Crippen LogP contribution is 2.28. The van der Waals surface area contributed by atoms with E-state index in [2.05, 4.69) is 5.32 Å². The van der Waals surface area contributed by atoms with E-state index in [1.54, 1.807) is 12.1 Å². The van der Waals surface area contributed by atoms with Crippen LogP contribution < -0.4 is 5.32 Å². The van der Waals surface area contributed by atoms with Gasteiger partial charge in [0.05, 0.1) is 11.3 Å². The number of anilines is 1. The molecule has 0 aliphatic heterocycles. The van der Waals surface area contributed by atoms with Crippen LogP contribution in [0.4, 0.5) is 5.69 Å². The molecule has 100 valence electrons. The monoisotopic (exact) mass is 269 g/mol. The second kappa shape index (κ2) is 7.28. The van der Waals surface area contributed by atoms with Crippen LogP contribution in [-0.2, 0) is 0 Å². The lowest BCUT2D eigenvalue weighted by atomic mass is 10.1. The van der Waals surface area contributed by atoms with Gasteiger partial charge in [-0.2, -0.15) is 0 Å². The predicted octanol–water partition coefficient (Wildman–Crippen LogP) is 2.68. The van der Waals surface area contributed by atoms with Crippen LogP contribution in [0.5, 0.6) is 0 Å². The lowest BCUT2D eigenvalue weighted by Crippen LogP contribution is -2.21. The van der Waals surface area contributed by atoms with Crippen LogP contribution in [0.15, 0.2) is 23.1 Å². The summed E-state index contributed by atoms with van der Waals surface area (Å²) >= 11 is 1.42. The maximum absolute atomic E-state index is 11.3. The molecule has 18 heavy (non-hydrogen) atoms. The van der Waals surface area contributed by atoms with Crippen molar-refractivity contribution in [3.8, 4) is 0 Å². The molecule has 0 saturated carbocycles. The summed E-state index contributed by atoms with van der Waals surface area (Å²) in [6, 6.07) is 5.49. The number of carboxylic acids is 1. The second-order valence-electron chi connectivity index (χ2n) is 3.95. The van der Waals surface area contributed by atoms with E-state index in [1.807, 2.05) is 19.2 Å². The molecule has 1 unspecified atom stereocenters. The molecule has 0 saturated heterocycles. The van der Waals surface area contributed by atoms with Gasteiger partial charge in [0.25, 0.3) is 0 Å². The van der Waals surface area contributed by atoms with E-state index < -0.39 is 5.97 Å². The summed E-state index contributed by atoms with van der Waals surface area (Å²) < 4.78 is 0. The third-order valence-electron chi connectivity index (χ3n) is 2.79. The number of nitrogens with one attached hydrogen (secondary N) is 1. The van der Waals surface area contributed by atoms with Crippen molar-refractivity contribution in [2.24, 2.45) is 0 Å². The van der Waals surface area contributed by atoms with Crippen LogP contribution in [0.2, 0.25) is 0 Å². The quantitative estimate of drug-likeness (QED) is 0.664. The maximum Gasteiger partial charge on any atom is 0.338 e. The summed E-state index contributed by atoms with van der Waals surface area (Å²) in [5.74, 6) is -0.929. The van der Waals surface area contributed by atoms with Gasteiger partial charge in [-0.1, -0.05) is 13.0 Å². The van der Waals surface area contributed by atoms with Gasteiger partial charge in [-0.25, -0.2) is 4.79 Å². The van der Waals surface area contributed by atoms with Gasteiger partial charge in [0.15, 0.2) is 0 Å². The molecular formula is C13H19NO3S. The van der Waals surface area contributed by atoms with Crippen molar-refractivity contribution in [2.75, 3.05) is 18.2 Å². The molecule has 1 aromatic rings. The number of rotatable bonds is 7. The molecule has 0 heterocycles. The summed E-state index contributed by atoms with van der Waals surface area (Å²) in [6.45, 7) is 2.10. The molecule has 0 bridgehead atoms. The lowest BCUT2D eigenvalue weighted by Gasteiger charge is -2.19. The zero-order valence-corrected chi connectivity index (χ0v) is 11.5. The summed E-state index contributed by atoms with van der Waals surface area (Å²) in [6.07, 6.45) is 3.30. The summed E-state index contributed by atoms with van der Waals surface area (Å²) in [7, 11) is 0. The number of aliphatic hydroxyl groups excluding tert-OH is 1. The van der Waals surface area contributed by atoms with Crippen molar-refractivity contribution >= 4 is 23.4 Å². The molecule has 0 radical (unpaired) electrons. The second-order valence-corrected chi connectivity index (χ2v) is 4.80. The topological polar surface area (TPSA) is 69.6 Å². The van der Waals surface area contributed by atoms with E-state index in [-0.39, 0.29) is 12.6 Å². The summed E-state index contributed by atoms with van der Waals surface area (Å²) in [5, 5.41) is 21.5. The van der Waals surface area contributed by atoms with Crippen LogP contribution in [0.3, 0.4) is 0 Å². The first-order chi connectivity index (χ1) is 8.63. The molecule has 3 N–H and O–H groups in total. The van der Waals surface area contributed by atoms with Crippen LogP contribution >= 0.6 is 11.8 Å². The molecule has 0 spiro atoms. The maximum atomic E-state index is 11.3. The first kappa shape index (κ1) is 14.9. The van der Waals surface area contributed by atoms with Crippen molar-refractivity contribution < 1.29 is 15.0 Å². The van der Waals surface area contributed by atoms with Crippen LogP contribution in [0.25, 0.3) is 0 Å². The number of aromatic carboxylic acids is 1. The van der Waals surface area contributed by atoms with Gasteiger partial charge in [0.1, 0.15) is 0 Å². The van der Waals surface area contributed by atoms with E-state index in [0.29, 0.717) is 17.7 Å². The van der Waals surface area contributed by atoms with Gasteiger partial charge in [-0.3, -0.25) is 0 Å². The Balaban J connectivity index is 3.03. The molecule has 5 heteroatoms. The van der Waals surface area contributed by atoms with E-state index >= 15 is 0 Å². The van der Waals surface area contributed by atoms with E-state index in [4.69, 9.17) is 5.11 Å². The minimum Gasteiger partial charge on any atom is -0.478 e. The van der Waals surface area contributed by atoms with E-state index in [0.717, 1.165) is 11.3 Å². The Labute approximate surface area is 111 Å². The van der Waals surface area contributed by atoms with Crippen molar-refractivity contribution in [3.63, 3.8) is 0 Å². The zero-order chi connectivity index (χ0) is 13.5. The summed E-state index contributed by atoms with van der Waals surface area (Å²) in [4.78, 5) is 12.1. The highest BCUT2D eigenvalue weighted by Gasteiger charge is 2.16. The first-order valence-electron chi connectivity index (χ1n) is 5.91. The molecule has 0 aromatic heterocycles. The van der Waals surface area contributed by atoms with Crippen LogP contribution in [-0.4, -0.2) is 35.1 Å². The smallest absolute Gasteiger partial charge is 0.338 e. The number of hydrogen-bond acceptors (Lipinski definition) is 4. The fraction of sp³-hybridized carbons (Fsp3) is 0.462. The van der Waals surface area contributed by atoms with Crippen molar-refractivity contribution in [3.05, 3.63) is 23.8 Å². The van der Waals surface area contributed by atoms with E-state index in [9.17, 15) is 9.90 Å². The van der Waals surface area contributed by atoms with Gasteiger partial charge in [-0.15, -0.1) is 11.8 Å². The largest absolute Gasteiger partial charge is 0.478 e. The SMILES string of the molecule is CCC(CCO)Nc1cccc(SC)c1C(=O)O. The molecule has 0 amide bonds. The first-order valence-corrected chi connectivity index (χ1v) is 7.14. The molecule has 1 atom stereocenters. The highest BCUT2D eigenvalue weighted by atomic mass is 32.2. The number of carboxylic acid groups (broad SMARTS) is 1. The van der Waals surface area contributed by atoms with Gasteiger partial charge in [0.2, 0.25) is 0 Å². The summed E-state index contributed by atoms with van der Waals surface area (Å²) in [5.41, 5.74) is 0.927. The predicted molar refractivity (Wildman–Crippen MR) is 74.6 cm³/mol. The molecule has 0 aliphatic carbocycles. The van der Waals surface area contributed by atoms with Crippen LogP contribution in [0.1, 0.15) is 30.1 Å². The third kappa shape index (κ3) is 3.65. The fourth-order valence-corrected chi connectivity index (χ4v) is 2.41. The third-order valence-corrected chi connectivity index (χ3v) is 3.57. The van der Waals surface area contributed by atoms with Gasteiger partial charge in [-0.05, 0) is 31.2 Å². The Morgan fingerprint density at radius 3 is 2.72 bits per heavy atom. The number of aliphatic hydroxyl groups is 1. The standard InChI is InChI=1S/C13H19NO3S/c1-3-9(7-8-15)14-10-5-4-6-11(18-2)12(10)13(16)17/h4-6,9,14-15H,3,7-8H2,1-2H3,(H,16,17). The Hall–Kier alpha value is -1.20. The van der Waals surface area contributed by atoms with Crippen molar-refractivity contribution in [1.29, 1.82) is 0 Å². The molecular weight excluding hydrogens is 250 g/mol.